The quantitative estimate of drug-likeness (QED) is 0.447. The van der Waals surface area contributed by atoms with Crippen LogP contribution in [0.2, 0.25) is 0 Å². The number of hydrogen-bond acceptors (Lipinski definition) is 8. The van der Waals surface area contributed by atoms with Gasteiger partial charge in [-0.2, -0.15) is 0 Å². The number of hydrogen-bond donors (Lipinski definition) is 4. The van der Waals surface area contributed by atoms with E-state index in [-0.39, 0.29) is 24.5 Å². The first kappa shape index (κ1) is 15.1. The molecule has 2 aliphatic carbocycles. The topological polar surface area (TPSA) is 130 Å². The van der Waals surface area contributed by atoms with E-state index in [1.807, 2.05) is 6.26 Å². The molecule has 5 atom stereocenters. The molecule has 0 saturated heterocycles. The zero-order chi connectivity index (χ0) is 16.4. The summed E-state index contributed by atoms with van der Waals surface area (Å²) in [6.07, 6.45) is 3.85. The van der Waals surface area contributed by atoms with Crippen LogP contribution in [0.5, 0.6) is 0 Å². The van der Waals surface area contributed by atoms with Crippen molar-refractivity contribution in [2.24, 2.45) is 11.8 Å². The lowest BCUT2D eigenvalue weighted by Gasteiger charge is -2.50. The summed E-state index contributed by atoms with van der Waals surface area (Å²) in [5, 5.41) is 31.4. The summed E-state index contributed by atoms with van der Waals surface area (Å²) in [6.45, 7) is -0.122. The molecule has 2 aromatic rings. The predicted molar refractivity (Wildman–Crippen MR) is 84.8 cm³/mol. The van der Waals surface area contributed by atoms with E-state index in [1.54, 1.807) is 10.9 Å². The van der Waals surface area contributed by atoms with Gasteiger partial charge in [-0.3, -0.25) is 0 Å². The van der Waals surface area contributed by atoms with Gasteiger partial charge in [0.1, 0.15) is 11.1 Å². The van der Waals surface area contributed by atoms with E-state index >= 15 is 0 Å². The molecule has 0 bridgehead atoms. The van der Waals surface area contributed by atoms with Gasteiger partial charge in [0, 0.05) is 12.5 Å². The zero-order valence-electron chi connectivity index (χ0n) is 12.6. The van der Waals surface area contributed by atoms with Gasteiger partial charge in [-0.15, -0.1) is 0 Å². The maximum atomic E-state index is 11.0. The Labute approximate surface area is 136 Å². The van der Waals surface area contributed by atoms with Gasteiger partial charge in [-0.25, -0.2) is 15.0 Å². The van der Waals surface area contributed by atoms with Crippen LogP contribution in [-0.2, 0) is 0 Å². The van der Waals surface area contributed by atoms with E-state index in [0.29, 0.717) is 35.0 Å². The third kappa shape index (κ3) is 1.87. The van der Waals surface area contributed by atoms with Crippen LogP contribution in [0.4, 0.5) is 5.82 Å². The van der Waals surface area contributed by atoms with E-state index < -0.39 is 11.7 Å². The van der Waals surface area contributed by atoms with E-state index in [0.717, 1.165) is 0 Å². The summed E-state index contributed by atoms with van der Waals surface area (Å²) in [4.78, 5) is 12.9. The summed E-state index contributed by atoms with van der Waals surface area (Å²) in [7, 11) is 0. The summed E-state index contributed by atoms with van der Waals surface area (Å²) < 4.78 is 1.78. The first-order valence-corrected chi connectivity index (χ1v) is 8.78. The van der Waals surface area contributed by atoms with Crippen molar-refractivity contribution in [1.29, 1.82) is 0 Å². The smallest absolute Gasteiger partial charge is 0.191 e. The molecule has 124 valence electrons. The summed E-state index contributed by atoms with van der Waals surface area (Å²) in [6, 6.07) is -0.326. The number of fused-ring (bicyclic) bond motifs is 2. The Balaban J connectivity index is 1.78. The maximum Gasteiger partial charge on any atom is 0.191 e. The monoisotopic (exact) mass is 337 g/mol. The first-order valence-electron chi connectivity index (χ1n) is 7.56. The average molecular weight is 337 g/mol. The van der Waals surface area contributed by atoms with Crippen LogP contribution < -0.4 is 5.73 Å². The highest BCUT2D eigenvalue weighted by Gasteiger charge is 2.65. The number of nitrogens with zero attached hydrogens (tertiary/aromatic N) is 4. The Morgan fingerprint density at radius 3 is 2.91 bits per heavy atom. The Kier molecular flexibility index (Phi) is 3.31. The third-order valence-electron chi connectivity index (χ3n) is 5.38. The molecule has 0 aromatic carbocycles. The van der Waals surface area contributed by atoms with Crippen LogP contribution >= 0.6 is 11.8 Å². The van der Waals surface area contributed by atoms with E-state index in [2.05, 4.69) is 15.0 Å². The highest BCUT2D eigenvalue weighted by Crippen LogP contribution is 2.59. The maximum absolute atomic E-state index is 11.0. The van der Waals surface area contributed by atoms with Gasteiger partial charge in [0.15, 0.2) is 16.6 Å². The van der Waals surface area contributed by atoms with Gasteiger partial charge in [0.05, 0.1) is 18.5 Å². The number of nitrogen functional groups attached to an aromatic ring is 1. The minimum atomic E-state index is -1.25. The number of aliphatic hydroxyl groups is 3. The highest BCUT2D eigenvalue weighted by molar-refractivity contribution is 7.98. The van der Waals surface area contributed by atoms with Crippen LogP contribution in [0, 0.1) is 11.8 Å². The fraction of sp³-hybridized carbons (Fsp3) is 0.643. The largest absolute Gasteiger partial charge is 0.396 e. The Bertz CT molecular complexity index is 768. The third-order valence-corrected chi connectivity index (χ3v) is 5.93. The van der Waals surface area contributed by atoms with Gasteiger partial charge >= 0.3 is 0 Å². The van der Waals surface area contributed by atoms with Crippen LogP contribution in [0.3, 0.4) is 0 Å². The second-order valence-electron chi connectivity index (χ2n) is 6.38. The molecule has 2 heterocycles. The summed E-state index contributed by atoms with van der Waals surface area (Å²) in [5.74, 6) is 0.00344. The van der Waals surface area contributed by atoms with Crippen LogP contribution in [-0.4, -0.2) is 59.4 Å². The molecule has 2 aliphatic rings. The summed E-state index contributed by atoms with van der Waals surface area (Å²) in [5.41, 5.74) is 5.75. The average Bonchev–Trinajstić information content (AvgIpc) is 3.03. The lowest BCUT2D eigenvalue weighted by molar-refractivity contribution is -0.179. The Morgan fingerprint density at radius 1 is 1.43 bits per heavy atom. The number of aromatic nitrogens is 4. The van der Waals surface area contributed by atoms with Crippen molar-refractivity contribution in [2.75, 3.05) is 18.6 Å². The van der Waals surface area contributed by atoms with E-state index in [1.165, 1.54) is 11.8 Å². The lowest BCUT2D eigenvalue weighted by atomic mass is 9.66. The molecule has 8 nitrogen and oxygen atoms in total. The van der Waals surface area contributed by atoms with Crippen molar-refractivity contribution in [3.05, 3.63) is 6.33 Å². The summed E-state index contributed by atoms with van der Waals surface area (Å²) >= 11 is 1.38. The molecule has 0 amide bonds. The van der Waals surface area contributed by atoms with Gasteiger partial charge in [-0.1, -0.05) is 11.8 Å². The number of imidazole rings is 1. The van der Waals surface area contributed by atoms with Crippen molar-refractivity contribution in [1.82, 2.24) is 19.5 Å². The van der Waals surface area contributed by atoms with Crippen molar-refractivity contribution in [3.8, 4) is 0 Å². The molecule has 0 aliphatic heterocycles. The standard InChI is InChI=1S/C14H19N5O3S/c1-23-13-17-11(15)9-12(18-13)19(5-16-9)8-3-7-2-6(4-20)10(21)14(7,8)22/h5-8,10,20-22H,2-4H2,1H3,(H2,15,17,18)/t6-,7?,8?,10-,14-/m1/s1. The molecular weight excluding hydrogens is 318 g/mol. The molecule has 23 heavy (non-hydrogen) atoms. The van der Waals surface area contributed by atoms with E-state index in [4.69, 9.17) is 5.73 Å². The fourth-order valence-corrected chi connectivity index (χ4v) is 4.47. The number of thioether (sulfide) groups is 1. The van der Waals surface area contributed by atoms with Gasteiger partial charge in [-0.05, 0) is 25.0 Å². The Morgan fingerprint density at radius 2 is 2.22 bits per heavy atom. The van der Waals surface area contributed by atoms with E-state index in [9.17, 15) is 15.3 Å². The van der Waals surface area contributed by atoms with Crippen molar-refractivity contribution in [3.63, 3.8) is 0 Å². The highest BCUT2D eigenvalue weighted by atomic mass is 32.2. The second-order valence-corrected chi connectivity index (χ2v) is 7.15. The zero-order valence-corrected chi connectivity index (χ0v) is 13.4. The van der Waals surface area contributed by atoms with Crippen molar-refractivity contribution >= 4 is 28.7 Å². The van der Waals surface area contributed by atoms with Crippen molar-refractivity contribution in [2.45, 2.75) is 35.7 Å². The first-order chi connectivity index (χ1) is 11.0. The minimum absolute atomic E-state index is 0.0173. The molecule has 4 rings (SSSR count). The molecule has 0 spiro atoms. The van der Waals surface area contributed by atoms with Crippen LogP contribution in [0.15, 0.2) is 11.5 Å². The van der Waals surface area contributed by atoms with Gasteiger partial charge < -0.3 is 25.6 Å². The predicted octanol–water partition coefficient (Wildman–Crippen LogP) is -0.204. The number of aliphatic hydroxyl groups excluding tert-OH is 2. The molecule has 2 fully saturated rings. The SMILES string of the molecule is CSc1nc(N)c2ncn(C3CC4C[C@H](CO)[C@@H](O)[C@@]43O)c2n1. The number of nitrogens with two attached hydrogens (primary N) is 1. The molecule has 2 aromatic heterocycles. The fourth-order valence-electron chi connectivity index (χ4n) is 4.10. The van der Waals surface area contributed by atoms with Gasteiger partial charge in [0.2, 0.25) is 0 Å². The molecule has 2 saturated carbocycles. The molecule has 5 N–H and O–H groups in total. The van der Waals surface area contributed by atoms with Gasteiger partial charge in [0.25, 0.3) is 0 Å². The number of rotatable bonds is 3. The van der Waals surface area contributed by atoms with Crippen LogP contribution in [0.25, 0.3) is 11.2 Å². The molecule has 0 radical (unpaired) electrons. The molecular formula is C14H19N5O3S. The second kappa shape index (κ2) is 5.04. The normalized spacial score (nSPS) is 36.2. The Hall–Kier alpha value is -1.42. The lowest BCUT2D eigenvalue weighted by Crippen LogP contribution is -2.59. The number of anilines is 1. The van der Waals surface area contributed by atoms with Crippen LogP contribution in [0.1, 0.15) is 18.9 Å². The minimum Gasteiger partial charge on any atom is -0.396 e. The van der Waals surface area contributed by atoms with Crippen molar-refractivity contribution < 1.29 is 15.3 Å². The molecule has 9 heteroatoms. The molecule has 2 unspecified atom stereocenters.